The second-order valence-corrected chi connectivity index (χ2v) is 6.51. The monoisotopic (exact) mass is 407 g/mol. The number of rotatable bonds is 4. The van der Waals surface area contributed by atoms with Gasteiger partial charge in [0, 0.05) is 16.9 Å². The van der Waals surface area contributed by atoms with Crippen molar-refractivity contribution in [3.05, 3.63) is 74.7 Å². The van der Waals surface area contributed by atoms with Crippen molar-refractivity contribution in [1.82, 2.24) is 20.2 Å². The Balaban J connectivity index is 1.82. The van der Waals surface area contributed by atoms with Crippen LogP contribution in [-0.2, 0) is 0 Å². The number of hydrogen-bond donors (Lipinski definition) is 1. The zero-order valence-corrected chi connectivity index (χ0v) is 15.7. The Morgan fingerprint density at radius 3 is 2.58 bits per heavy atom. The number of nitrogens with zero attached hydrogens (tertiary/aromatic N) is 4. The van der Waals surface area contributed by atoms with Gasteiger partial charge in [0.15, 0.2) is 5.69 Å². The lowest BCUT2D eigenvalue weighted by Crippen LogP contribution is -2.18. The molecule has 1 amide bonds. The number of pyridine rings is 1. The third-order valence-corrected chi connectivity index (χ3v) is 4.16. The molecule has 0 aliphatic heterocycles. The molecule has 3 rings (SSSR count). The largest absolute Gasteiger partial charge is 0.291 e. The Labute approximate surface area is 164 Å². The lowest BCUT2D eigenvalue weighted by Gasteiger charge is -2.09. The first-order chi connectivity index (χ1) is 12.5. The van der Waals surface area contributed by atoms with E-state index >= 15 is 0 Å². The Morgan fingerprint density at radius 2 is 1.92 bits per heavy atom. The molecule has 0 fully saturated rings. The van der Waals surface area contributed by atoms with E-state index in [1.165, 1.54) is 10.9 Å². The van der Waals surface area contributed by atoms with Crippen molar-refractivity contribution in [2.75, 3.05) is 0 Å². The number of halogens is 3. The molecule has 0 aliphatic carbocycles. The SMILES string of the molecule is Cc1cc(C(=O)NN=Cc2ccccn2)nn1-c1c(Cl)cc(Cl)cc1Cl. The maximum absolute atomic E-state index is 12.2. The molecular weight excluding hydrogens is 397 g/mol. The van der Waals surface area contributed by atoms with Crippen molar-refractivity contribution in [2.24, 2.45) is 5.10 Å². The van der Waals surface area contributed by atoms with Gasteiger partial charge in [0.25, 0.3) is 5.91 Å². The Morgan fingerprint density at radius 1 is 1.19 bits per heavy atom. The number of benzene rings is 1. The Bertz CT molecular complexity index is 962. The van der Waals surface area contributed by atoms with E-state index < -0.39 is 5.91 Å². The highest BCUT2D eigenvalue weighted by Gasteiger charge is 2.17. The summed E-state index contributed by atoms with van der Waals surface area (Å²) < 4.78 is 1.48. The number of hydrogen-bond acceptors (Lipinski definition) is 4. The highest BCUT2D eigenvalue weighted by Crippen LogP contribution is 2.32. The normalized spacial score (nSPS) is 11.1. The molecule has 0 saturated heterocycles. The zero-order valence-electron chi connectivity index (χ0n) is 13.4. The van der Waals surface area contributed by atoms with Crippen LogP contribution in [0, 0.1) is 6.92 Å². The predicted octanol–water partition coefficient (Wildman–Crippen LogP) is 4.30. The van der Waals surface area contributed by atoms with Crippen molar-refractivity contribution in [2.45, 2.75) is 6.92 Å². The molecule has 2 aromatic heterocycles. The van der Waals surface area contributed by atoms with Crippen LogP contribution in [0.5, 0.6) is 0 Å². The van der Waals surface area contributed by atoms with Gasteiger partial charge in [-0.1, -0.05) is 40.9 Å². The molecule has 26 heavy (non-hydrogen) atoms. The van der Waals surface area contributed by atoms with Gasteiger partial charge < -0.3 is 0 Å². The molecule has 3 aromatic rings. The van der Waals surface area contributed by atoms with Crippen molar-refractivity contribution in [3.63, 3.8) is 0 Å². The number of nitrogens with one attached hydrogen (secondary N) is 1. The summed E-state index contributed by atoms with van der Waals surface area (Å²) in [6.45, 7) is 1.78. The smallest absolute Gasteiger partial charge is 0.265 e. The molecular formula is C17H12Cl3N5O. The van der Waals surface area contributed by atoms with Gasteiger partial charge in [-0.3, -0.25) is 9.78 Å². The summed E-state index contributed by atoms with van der Waals surface area (Å²) in [5.74, 6) is -0.472. The third-order valence-electron chi connectivity index (χ3n) is 3.36. The molecule has 9 heteroatoms. The van der Waals surface area contributed by atoms with E-state index in [-0.39, 0.29) is 5.69 Å². The highest BCUT2D eigenvalue weighted by molar-refractivity contribution is 6.40. The fraction of sp³-hybridized carbons (Fsp3) is 0.0588. The summed E-state index contributed by atoms with van der Waals surface area (Å²) in [6, 6.07) is 10.1. The number of carbonyl (C=O) groups excluding carboxylic acids is 1. The molecule has 6 nitrogen and oxygen atoms in total. The van der Waals surface area contributed by atoms with Crippen molar-refractivity contribution in [3.8, 4) is 5.69 Å². The van der Waals surface area contributed by atoms with E-state index in [0.717, 1.165) is 0 Å². The molecule has 0 bridgehead atoms. The second kappa shape index (κ2) is 7.86. The average molecular weight is 409 g/mol. The standard InChI is InChI=1S/C17H12Cl3N5O/c1-10-6-15(17(26)23-22-9-12-4-2-3-5-21-12)24-25(10)16-13(19)7-11(18)8-14(16)20/h2-9H,1H3,(H,23,26). The van der Waals surface area contributed by atoms with Crippen LogP contribution in [-0.4, -0.2) is 26.9 Å². The summed E-state index contributed by atoms with van der Waals surface area (Å²) >= 11 is 18.4. The molecule has 1 aromatic carbocycles. The number of amides is 1. The van der Waals surface area contributed by atoms with Gasteiger partial charge in [-0.2, -0.15) is 10.2 Å². The summed E-state index contributed by atoms with van der Waals surface area (Å²) in [7, 11) is 0. The van der Waals surface area contributed by atoms with E-state index in [1.54, 1.807) is 43.5 Å². The molecule has 0 radical (unpaired) electrons. The molecule has 0 saturated carbocycles. The first-order valence-corrected chi connectivity index (χ1v) is 8.55. The van der Waals surface area contributed by atoms with E-state index in [9.17, 15) is 4.79 Å². The van der Waals surface area contributed by atoms with E-state index in [2.05, 4.69) is 20.6 Å². The van der Waals surface area contributed by atoms with Gasteiger partial charge in [0.05, 0.1) is 22.0 Å². The molecule has 1 N–H and O–H groups in total. The lowest BCUT2D eigenvalue weighted by atomic mass is 10.3. The van der Waals surface area contributed by atoms with E-state index in [0.29, 0.717) is 32.1 Å². The third kappa shape index (κ3) is 4.04. The van der Waals surface area contributed by atoms with Crippen molar-refractivity contribution >= 4 is 46.9 Å². The van der Waals surface area contributed by atoms with Crippen molar-refractivity contribution in [1.29, 1.82) is 0 Å². The van der Waals surface area contributed by atoms with Gasteiger partial charge in [0.2, 0.25) is 0 Å². The minimum Gasteiger partial charge on any atom is -0.265 e. The average Bonchev–Trinajstić information content (AvgIpc) is 2.97. The summed E-state index contributed by atoms with van der Waals surface area (Å²) in [5.41, 5.74) is 4.32. The fourth-order valence-electron chi connectivity index (χ4n) is 2.22. The van der Waals surface area contributed by atoms with Crippen LogP contribution in [0.15, 0.2) is 47.7 Å². The van der Waals surface area contributed by atoms with Gasteiger partial charge >= 0.3 is 0 Å². The van der Waals surface area contributed by atoms with Gasteiger partial charge in [-0.05, 0) is 37.3 Å². The van der Waals surface area contributed by atoms with Crippen molar-refractivity contribution < 1.29 is 4.79 Å². The summed E-state index contributed by atoms with van der Waals surface area (Å²) in [6.07, 6.45) is 3.07. The maximum atomic E-state index is 12.2. The van der Waals surface area contributed by atoms with Gasteiger partial charge in [-0.15, -0.1) is 0 Å². The summed E-state index contributed by atoms with van der Waals surface area (Å²) in [4.78, 5) is 16.3. The van der Waals surface area contributed by atoms with Crippen LogP contribution in [0.2, 0.25) is 15.1 Å². The summed E-state index contributed by atoms with van der Waals surface area (Å²) in [5, 5.41) is 9.20. The minimum atomic E-state index is -0.472. The molecule has 132 valence electrons. The second-order valence-electron chi connectivity index (χ2n) is 5.25. The lowest BCUT2D eigenvalue weighted by molar-refractivity contribution is 0.0949. The van der Waals surface area contributed by atoms with Crippen LogP contribution < -0.4 is 5.43 Å². The Hall–Kier alpha value is -2.41. The topological polar surface area (TPSA) is 72.2 Å². The number of hydrazone groups is 1. The van der Waals surface area contributed by atoms with Gasteiger partial charge in [-0.25, -0.2) is 10.1 Å². The molecule has 0 spiro atoms. The molecule has 0 atom stereocenters. The minimum absolute atomic E-state index is 0.169. The van der Waals surface area contributed by atoms with Crippen LogP contribution in [0.4, 0.5) is 0 Å². The molecule has 0 aliphatic rings. The maximum Gasteiger partial charge on any atom is 0.291 e. The van der Waals surface area contributed by atoms with Crippen LogP contribution in [0.3, 0.4) is 0 Å². The predicted molar refractivity (Wildman–Crippen MR) is 103 cm³/mol. The molecule has 0 unspecified atom stereocenters. The van der Waals surface area contributed by atoms with E-state index in [1.807, 2.05) is 6.07 Å². The number of aromatic nitrogens is 3. The van der Waals surface area contributed by atoms with E-state index in [4.69, 9.17) is 34.8 Å². The van der Waals surface area contributed by atoms with Gasteiger partial charge in [0.1, 0.15) is 5.69 Å². The first-order valence-electron chi connectivity index (χ1n) is 7.41. The Kier molecular flexibility index (Phi) is 5.56. The number of carbonyl (C=O) groups is 1. The van der Waals surface area contributed by atoms with Crippen LogP contribution >= 0.6 is 34.8 Å². The first kappa shape index (κ1) is 18.4. The number of aryl methyl sites for hydroxylation is 1. The fourth-order valence-corrected chi connectivity index (χ4v) is 3.19. The van der Waals surface area contributed by atoms with Crippen LogP contribution in [0.25, 0.3) is 5.69 Å². The van der Waals surface area contributed by atoms with Crippen LogP contribution in [0.1, 0.15) is 21.9 Å². The zero-order chi connectivity index (χ0) is 18.7. The quantitative estimate of drug-likeness (QED) is 0.517. The highest BCUT2D eigenvalue weighted by atomic mass is 35.5. The molecule has 2 heterocycles.